The Morgan fingerprint density at radius 1 is 1.08 bits per heavy atom. The predicted octanol–water partition coefficient (Wildman–Crippen LogP) is 2.08. The van der Waals surface area contributed by atoms with Crippen LogP contribution < -0.4 is 4.74 Å². The highest BCUT2D eigenvalue weighted by molar-refractivity contribution is 5.88. The molecule has 0 aromatic heterocycles. The second kappa shape index (κ2) is 6.95. The van der Waals surface area contributed by atoms with Crippen LogP contribution >= 0.6 is 0 Å². The Labute approximate surface area is 134 Å². The van der Waals surface area contributed by atoms with Gasteiger partial charge in [0.25, 0.3) is 0 Å². The largest absolute Gasteiger partial charge is 0.573 e. The number of aromatic carboxylic acids is 1. The van der Waals surface area contributed by atoms with Gasteiger partial charge >= 0.3 is 18.4 Å². The molecule has 0 unspecified atom stereocenters. The fourth-order valence-corrected chi connectivity index (χ4v) is 2.42. The zero-order valence-corrected chi connectivity index (χ0v) is 12.4. The Morgan fingerprint density at radius 2 is 1.71 bits per heavy atom. The molecule has 1 amide bonds. The summed E-state index contributed by atoms with van der Waals surface area (Å²) in [7, 11) is 0. The van der Waals surface area contributed by atoms with Crippen LogP contribution in [0.4, 0.5) is 18.0 Å². The first kappa shape index (κ1) is 17.9. The topological polar surface area (TPSA) is 90.3 Å². The van der Waals surface area contributed by atoms with Crippen molar-refractivity contribution in [2.75, 3.05) is 26.2 Å². The molecular weight excluding hydrogens is 333 g/mol. The number of piperazine rings is 1. The van der Waals surface area contributed by atoms with Crippen molar-refractivity contribution >= 4 is 12.1 Å². The number of benzene rings is 1. The summed E-state index contributed by atoms with van der Waals surface area (Å²) < 4.78 is 40.8. The van der Waals surface area contributed by atoms with E-state index in [1.165, 1.54) is 11.0 Å². The van der Waals surface area contributed by atoms with Crippen molar-refractivity contribution < 1.29 is 37.7 Å². The van der Waals surface area contributed by atoms with E-state index in [0.29, 0.717) is 18.7 Å². The molecular formula is C14H15F3N2O5. The average Bonchev–Trinajstić information content (AvgIpc) is 2.45. The van der Waals surface area contributed by atoms with Gasteiger partial charge < -0.3 is 19.8 Å². The number of rotatable bonds is 4. The molecule has 1 heterocycles. The number of hydrogen-bond acceptors (Lipinski definition) is 4. The van der Waals surface area contributed by atoms with E-state index in [2.05, 4.69) is 4.74 Å². The lowest BCUT2D eigenvalue weighted by atomic mass is 10.1. The number of nitrogens with zero attached hydrogens (tertiary/aromatic N) is 2. The predicted molar refractivity (Wildman–Crippen MR) is 75.0 cm³/mol. The van der Waals surface area contributed by atoms with Crippen LogP contribution in [0.15, 0.2) is 18.2 Å². The fraction of sp³-hybridized carbons (Fsp3) is 0.429. The zero-order chi connectivity index (χ0) is 17.9. The molecule has 1 aliphatic rings. The molecule has 132 valence electrons. The molecule has 10 heteroatoms. The zero-order valence-electron chi connectivity index (χ0n) is 12.4. The van der Waals surface area contributed by atoms with Crippen molar-refractivity contribution in [3.8, 4) is 5.75 Å². The third-order valence-electron chi connectivity index (χ3n) is 3.50. The summed E-state index contributed by atoms with van der Waals surface area (Å²) in [6.07, 6.45) is -5.94. The monoisotopic (exact) mass is 348 g/mol. The molecule has 1 aliphatic heterocycles. The quantitative estimate of drug-likeness (QED) is 0.866. The smallest absolute Gasteiger partial charge is 0.478 e. The van der Waals surface area contributed by atoms with Crippen molar-refractivity contribution in [3.63, 3.8) is 0 Å². The number of alkyl halides is 3. The summed E-state index contributed by atoms with van der Waals surface area (Å²) in [5.41, 5.74) is 0.0360. The molecule has 2 rings (SSSR count). The lowest BCUT2D eigenvalue weighted by Gasteiger charge is -2.33. The van der Waals surface area contributed by atoms with Crippen LogP contribution in [0.25, 0.3) is 0 Å². The van der Waals surface area contributed by atoms with Crippen LogP contribution in [-0.2, 0) is 6.54 Å². The van der Waals surface area contributed by atoms with E-state index >= 15 is 0 Å². The van der Waals surface area contributed by atoms with Gasteiger partial charge in [-0.05, 0) is 23.8 Å². The number of ether oxygens (including phenoxy) is 1. The Kier molecular flexibility index (Phi) is 5.17. The maximum Gasteiger partial charge on any atom is 0.573 e. The standard InChI is InChI=1S/C14H15F3N2O5/c15-14(16,17)24-11-6-9(5-10(7-11)12(20)21)8-18-1-3-19(4-2-18)13(22)23/h5-7H,1-4,8H2,(H,20,21)(H,22,23). The van der Waals surface area contributed by atoms with Crippen molar-refractivity contribution in [2.45, 2.75) is 12.9 Å². The van der Waals surface area contributed by atoms with Crippen molar-refractivity contribution in [1.29, 1.82) is 0 Å². The Balaban J connectivity index is 2.11. The second-order valence-electron chi connectivity index (χ2n) is 5.26. The Bertz CT molecular complexity index is 627. The van der Waals surface area contributed by atoms with Gasteiger partial charge in [-0.2, -0.15) is 0 Å². The van der Waals surface area contributed by atoms with Crippen LogP contribution in [0.1, 0.15) is 15.9 Å². The summed E-state index contributed by atoms with van der Waals surface area (Å²) >= 11 is 0. The van der Waals surface area contributed by atoms with E-state index in [9.17, 15) is 22.8 Å². The maximum atomic E-state index is 12.3. The van der Waals surface area contributed by atoms with E-state index in [1.807, 2.05) is 4.90 Å². The molecule has 2 N–H and O–H groups in total. The van der Waals surface area contributed by atoms with Crippen LogP contribution in [0, 0.1) is 0 Å². The minimum absolute atomic E-state index is 0.197. The van der Waals surface area contributed by atoms with Gasteiger partial charge in [0, 0.05) is 32.7 Å². The molecule has 0 aliphatic carbocycles. The highest BCUT2D eigenvalue weighted by Crippen LogP contribution is 2.26. The highest BCUT2D eigenvalue weighted by Gasteiger charge is 2.31. The van der Waals surface area contributed by atoms with Crippen LogP contribution in [0.2, 0.25) is 0 Å². The molecule has 24 heavy (non-hydrogen) atoms. The summed E-state index contributed by atoms with van der Waals surface area (Å²) in [6.45, 7) is 1.56. The minimum Gasteiger partial charge on any atom is -0.478 e. The molecule has 1 saturated heterocycles. The summed E-state index contributed by atoms with van der Waals surface area (Å²) in [4.78, 5) is 25.0. The number of carbonyl (C=O) groups is 2. The first-order chi connectivity index (χ1) is 11.1. The van der Waals surface area contributed by atoms with E-state index in [1.54, 1.807) is 0 Å². The fourth-order valence-electron chi connectivity index (χ4n) is 2.42. The van der Waals surface area contributed by atoms with E-state index in [0.717, 1.165) is 12.1 Å². The third-order valence-corrected chi connectivity index (χ3v) is 3.50. The van der Waals surface area contributed by atoms with Gasteiger partial charge in [0.15, 0.2) is 0 Å². The van der Waals surface area contributed by atoms with Crippen LogP contribution in [-0.4, -0.2) is 64.6 Å². The summed E-state index contributed by atoms with van der Waals surface area (Å²) in [6, 6.07) is 3.21. The number of halogens is 3. The van der Waals surface area contributed by atoms with Crippen LogP contribution in [0.5, 0.6) is 5.75 Å². The SMILES string of the molecule is O=C(O)c1cc(CN2CCN(C(=O)O)CC2)cc(OC(F)(F)F)c1. The molecule has 0 radical (unpaired) electrons. The Hall–Kier alpha value is -2.49. The van der Waals surface area contributed by atoms with Gasteiger partial charge in [-0.1, -0.05) is 0 Å². The summed E-state index contributed by atoms with van der Waals surface area (Å²) in [5.74, 6) is -1.96. The third kappa shape index (κ3) is 5.01. The molecule has 1 aromatic carbocycles. The highest BCUT2D eigenvalue weighted by atomic mass is 19.4. The molecule has 1 aromatic rings. The normalized spacial score (nSPS) is 16.0. The maximum absolute atomic E-state index is 12.3. The number of carboxylic acids is 1. The van der Waals surface area contributed by atoms with Crippen molar-refractivity contribution in [1.82, 2.24) is 9.80 Å². The number of hydrogen-bond donors (Lipinski definition) is 2. The number of amides is 1. The van der Waals surface area contributed by atoms with Gasteiger partial charge in [-0.25, -0.2) is 9.59 Å². The minimum atomic E-state index is -4.92. The molecule has 0 bridgehead atoms. The molecule has 0 atom stereocenters. The average molecular weight is 348 g/mol. The van der Waals surface area contributed by atoms with E-state index in [4.69, 9.17) is 10.2 Å². The van der Waals surface area contributed by atoms with Gasteiger partial charge in [0.2, 0.25) is 0 Å². The van der Waals surface area contributed by atoms with E-state index in [-0.39, 0.29) is 25.2 Å². The first-order valence-corrected chi connectivity index (χ1v) is 6.97. The van der Waals surface area contributed by atoms with Crippen molar-refractivity contribution in [2.24, 2.45) is 0 Å². The molecule has 7 nitrogen and oxygen atoms in total. The second-order valence-corrected chi connectivity index (χ2v) is 5.26. The van der Waals surface area contributed by atoms with Crippen LogP contribution in [0.3, 0.4) is 0 Å². The van der Waals surface area contributed by atoms with Gasteiger partial charge in [-0.3, -0.25) is 4.90 Å². The lowest BCUT2D eigenvalue weighted by Crippen LogP contribution is -2.47. The van der Waals surface area contributed by atoms with Crippen molar-refractivity contribution in [3.05, 3.63) is 29.3 Å². The lowest BCUT2D eigenvalue weighted by molar-refractivity contribution is -0.274. The summed E-state index contributed by atoms with van der Waals surface area (Å²) in [5, 5.41) is 17.9. The Morgan fingerprint density at radius 3 is 2.21 bits per heavy atom. The van der Waals surface area contributed by atoms with E-state index < -0.39 is 24.2 Å². The molecule has 0 saturated carbocycles. The molecule has 1 fully saturated rings. The molecule has 0 spiro atoms. The first-order valence-electron chi connectivity index (χ1n) is 6.97. The van der Waals surface area contributed by atoms with Gasteiger partial charge in [-0.15, -0.1) is 13.2 Å². The van der Waals surface area contributed by atoms with Gasteiger partial charge in [0.1, 0.15) is 5.75 Å². The van der Waals surface area contributed by atoms with Gasteiger partial charge in [0.05, 0.1) is 5.56 Å². The number of carboxylic acid groups (broad SMARTS) is 2.